The third kappa shape index (κ3) is 1.99. The van der Waals surface area contributed by atoms with Crippen LogP contribution in [0, 0.1) is 6.92 Å². The van der Waals surface area contributed by atoms with Crippen molar-refractivity contribution in [2.24, 2.45) is 0 Å². The maximum atomic E-state index is 11.6. The van der Waals surface area contributed by atoms with Crippen LogP contribution in [0.15, 0.2) is 18.5 Å². The van der Waals surface area contributed by atoms with E-state index in [1.54, 1.807) is 25.6 Å². The van der Waals surface area contributed by atoms with Crippen molar-refractivity contribution in [2.45, 2.75) is 13.8 Å². The van der Waals surface area contributed by atoms with Crippen LogP contribution in [0.5, 0.6) is 5.75 Å². The molecule has 1 heterocycles. The molecule has 0 aliphatic heterocycles. The van der Waals surface area contributed by atoms with Crippen LogP contribution in [0.2, 0.25) is 5.02 Å². The van der Waals surface area contributed by atoms with Crippen LogP contribution in [0.25, 0.3) is 11.1 Å². The van der Waals surface area contributed by atoms with Crippen molar-refractivity contribution in [3.8, 4) is 16.9 Å². The van der Waals surface area contributed by atoms with Gasteiger partial charge in [-0.1, -0.05) is 11.6 Å². The lowest BCUT2D eigenvalue weighted by molar-refractivity contribution is 0.101. The average Bonchev–Trinajstić information content (AvgIpc) is 2.84. The van der Waals surface area contributed by atoms with Gasteiger partial charge in [-0.25, -0.2) is 0 Å². The summed E-state index contributed by atoms with van der Waals surface area (Å²) in [5.41, 5.74) is 2.97. The van der Waals surface area contributed by atoms with E-state index in [1.165, 1.54) is 6.92 Å². The molecule has 0 saturated carbocycles. The van der Waals surface area contributed by atoms with Crippen molar-refractivity contribution in [1.82, 2.24) is 10.2 Å². The molecule has 0 atom stereocenters. The number of aromatic amines is 1. The summed E-state index contributed by atoms with van der Waals surface area (Å²) in [7, 11) is 1.54. The van der Waals surface area contributed by atoms with Crippen LogP contribution in [0.1, 0.15) is 22.8 Å². The quantitative estimate of drug-likeness (QED) is 0.866. The van der Waals surface area contributed by atoms with Gasteiger partial charge >= 0.3 is 0 Å². The van der Waals surface area contributed by atoms with Crippen LogP contribution in [-0.4, -0.2) is 23.1 Å². The van der Waals surface area contributed by atoms with E-state index in [4.69, 9.17) is 16.3 Å². The first-order valence-electron chi connectivity index (χ1n) is 5.43. The third-order valence-electron chi connectivity index (χ3n) is 2.85. The number of rotatable bonds is 3. The number of carbonyl (C=O) groups is 1. The molecular weight excluding hydrogens is 252 g/mol. The van der Waals surface area contributed by atoms with Crippen LogP contribution in [0.4, 0.5) is 0 Å². The van der Waals surface area contributed by atoms with Gasteiger partial charge < -0.3 is 4.74 Å². The molecule has 5 heteroatoms. The number of benzene rings is 1. The Kier molecular flexibility index (Phi) is 3.39. The lowest BCUT2D eigenvalue weighted by Gasteiger charge is -2.15. The fraction of sp³-hybridized carbons (Fsp3) is 0.231. The molecule has 1 N–H and O–H groups in total. The number of aromatic nitrogens is 2. The number of Topliss-reactive ketones (excluding diaryl/α,β-unsaturated/α-hetero) is 1. The second kappa shape index (κ2) is 4.82. The number of nitrogens with one attached hydrogen (secondary N) is 1. The van der Waals surface area contributed by atoms with Crippen LogP contribution >= 0.6 is 11.6 Å². The van der Waals surface area contributed by atoms with E-state index in [2.05, 4.69) is 10.2 Å². The maximum absolute atomic E-state index is 11.6. The number of hydrogen-bond donors (Lipinski definition) is 1. The minimum Gasteiger partial charge on any atom is -0.495 e. The zero-order valence-corrected chi connectivity index (χ0v) is 11.1. The number of hydrogen-bond acceptors (Lipinski definition) is 3. The Morgan fingerprint density at radius 3 is 2.72 bits per heavy atom. The molecular formula is C13H13ClN2O2. The van der Waals surface area contributed by atoms with Crippen LogP contribution in [0.3, 0.4) is 0 Å². The average molecular weight is 265 g/mol. The van der Waals surface area contributed by atoms with Crippen molar-refractivity contribution in [1.29, 1.82) is 0 Å². The zero-order valence-electron chi connectivity index (χ0n) is 10.4. The van der Waals surface area contributed by atoms with Gasteiger partial charge in [0.15, 0.2) is 5.78 Å². The molecule has 2 rings (SSSR count). The molecule has 0 spiro atoms. The summed E-state index contributed by atoms with van der Waals surface area (Å²) in [5.74, 6) is 0.448. The normalized spacial score (nSPS) is 10.4. The first kappa shape index (κ1) is 12.6. The molecule has 18 heavy (non-hydrogen) atoms. The fourth-order valence-corrected chi connectivity index (χ4v) is 2.14. The molecule has 0 saturated heterocycles. The lowest BCUT2D eigenvalue weighted by atomic mass is 9.97. The Morgan fingerprint density at radius 2 is 2.22 bits per heavy atom. The first-order chi connectivity index (χ1) is 8.56. The molecule has 4 nitrogen and oxygen atoms in total. The van der Waals surface area contributed by atoms with Crippen molar-refractivity contribution in [2.75, 3.05) is 7.11 Å². The minimum absolute atomic E-state index is 0.0847. The van der Waals surface area contributed by atoms with E-state index in [9.17, 15) is 4.79 Å². The summed E-state index contributed by atoms with van der Waals surface area (Å²) in [5, 5.41) is 7.19. The number of halogens is 1. The van der Waals surface area contributed by atoms with Crippen LogP contribution < -0.4 is 4.74 Å². The second-order valence-corrected chi connectivity index (χ2v) is 4.39. The number of ketones is 1. The number of carbonyl (C=O) groups excluding carboxylic acids is 1. The van der Waals surface area contributed by atoms with E-state index >= 15 is 0 Å². The summed E-state index contributed by atoms with van der Waals surface area (Å²) in [6, 6.07) is 1.64. The Bertz CT molecular complexity index is 592. The van der Waals surface area contributed by atoms with E-state index in [-0.39, 0.29) is 5.78 Å². The zero-order chi connectivity index (χ0) is 13.3. The highest BCUT2D eigenvalue weighted by Crippen LogP contribution is 2.39. The number of nitrogens with zero attached hydrogens (tertiary/aromatic N) is 1. The fourth-order valence-electron chi connectivity index (χ4n) is 1.93. The van der Waals surface area contributed by atoms with Gasteiger partial charge in [-0.05, 0) is 25.5 Å². The van der Waals surface area contributed by atoms with Gasteiger partial charge in [-0.3, -0.25) is 9.89 Å². The smallest absolute Gasteiger partial charge is 0.163 e. The van der Waals surface area contributed by atoms with Gasteiger partial charge in [0.1, 0.15) is 5.75 Å². The monoisotopic (exact) mass is 264 g/mol. The summed E-state index contributed by atoms with van der Waals surface area (Å²) >= 11 is 6.17. The SMILES string of the molecule is COc1c(C(C)=O)cc(Cl)c(C)c1-c1cn[nH]c1. The van der Waals surface area contributed by atoms with Gasteiger partial charge in [0, 0.05) is 22.3 Å². The molecule has 1 aromatic carbocycles. The third-order valence-corrected chi connectivity index (χ3v) is 3.24. The largest absolute Gasteiger partial charge is 0.495 e. The van der Waals surface area contributed by atoms with Crippen LogP contribution in [-0.2, 0) is 0 Å². The van der Waals surface area contributed by atoms with Crippen molar-refractivity contribution < 1.29 is 9.53 Å². The highest BCUT2D eigenvalue weighted by Gasteiger charge is 2.19. The molecule has 1 aromatic heterocycles. The highest BCUT2D eigenvalue weighted by atomic mass is 35.5. The van der Waals surface area contributed by atoms with Crippen molar-refractivity contribution in [3.63, 3.8) is 0 Å². The predicted molar refractivity (Wildman–Crippen MR) is 70.3 cm³/mol. The molecule has 0 aliphatic rings. The summed E-state index contributed by atoms with van der Waals surface area (Å²) in [6.45, 7) is 3.37. The van der Waals surface area contributed by atoms with E-state index < -0.39 is 0 Å². The molecule has 0 unspecified atom stereocenters. The standard InChI is InChI=1S/C13H13ClN2O2/c1-7-11(14)4-10(8(2)17)13(18-3)12(7)9-5-15-16-6-9/h4-6H,1-3H3,(H,15,16). The molecule has 0 bridgehead atoms. The van der Waals surface area contributed by atoms with Crippen molar-refractivity contribution >= 4 is 17.4 Å². The molecule has 0 amide bonds. The molecule has 2 aromatic rings. The first-order valence-corrected chi connectivity index (χ1v) is 5.81. The Labute approximate surface area is 110 Å². The summed E-state index contributed by atoms with van der Waals surface area (Å²) in [6.07, 6.45) is 3.41. The minimum atomic E-state index is -0.0847. The molecule has 0 radical (unpaired) electrons. The molecule has 0 fully saturated rings. The van der Waals surface area contributed by atoms with Gasteiger partial charge in [0.25, 0.3) is 0 Å². The predicted octanol–water partition coefficient (Wildman–Crippen LogP) is 3.25. The topological polar surface area (TPSA) is 55.0 Å². The summed E-state index contributed by atoms with van der Waals surface area (Å²) < 4.78 is 5.38. The van der Waals surface area contributed by atoms with Gasteiger partial charge in [-0.2, -0.15) is 5.10 Å². The Morgan fingerprint density at radius 1 is 1.50 bits per heavy atom. The number of H-pyrrole nitrogens is 1. The lowest BCUT2D eigenvalue weighted by Crippen LogP contribution is -2.01. The van der Waals surface area contributed by atoms with E-state index in [0.717, 1.165) is 16.7 Å². The van der Waals surface area contributed by atoms with Crippen molar-refractivity contribution in [3.05, 3.63) is 34.6 Å². The van der Waals surface area contributed by atoms with Gasteiger partial charge in [0.2, 0.25) is 0 Å². The van der Waals surface area contributed by atoms with E-state index in [0.29, 0.717) is 16.3 Å². The maximum Gasteiger partial charge on any atom is 0.163 e. The van der Waals surface area contributed by atoms with Gasteiger partial charge in [0.05, 0.1) is 18.9 Å². The number of ether oxygens (including phenoxy) is 1. The van der Waals surface area contributed by atoms with E-state index in [1.807, 2.05) is 6.92 Å². The Balaban J connectivity index is 2.81. The molecule has 0 aliphatic carbocycles. The highest BCUT2D eigenvalue weighted by molar-refractivity contribution is 6.32. The number of methoxy groups -OCH3 is 1. The second-order valence-electron chi connectivity index (χ2n) is 3.98. The Hall–Kier alpha value is -1.81. The van der Waals surface area contributed by atoms with Gasteiger partial charge in [-0.15, -0.1) is 0 Å². The summed E-state index contributed by atoms with van der Waals surface area (Å²) in [4.78, 5) is 11.6. The molecule has 94 valence electrons.